The summed E-state index contributed by atoms with van der Waals surface area (Å²) in [6, 6.07) is 13.2. The third-order valence-corrected chi connectivity index (χ3v) is 5.96. The third-order valence-electron chi connectivity index (χ3n) is 4.80. The molecule has 2 heterocycles. The molecule has 0 spiro atoms. The van der Waals surface area contributed by atoms with Crippen LogP contribution in [0, 0.1) is 12.7 Å². The number of amides is 1. The molecule has 2 aromatic heterocycles. The van der Waals surface area contributed by atoms with Gasteiger partial charge in [0.1, 0.15) is 16.4 Å². The van der Waals surface area contributed by atoms with Crippen molar-refractivity contribution in [3.63, 3.8) is 0 Å². The number of aromatic nitrogens is 2. The highest BCUT2D eigenvalue weighted by atomic mass is 32.1. The molecular weight excluding hydrogens is 433 g/mol. The minimum absolute atomic E-state index is 0.0222. The smallest absolute Gasteiger partial charge is 0.350 e. The number of anilines is 1. The van der Waals surface area contributed by atoms with Gasteiger partial charge in [-0.05, 0) is 43.7 Å². The van der Waals surface area contributed by atoms with Gasteiger partial charge in [-0.2, -0.15) is 0 Å². The number of esters is 1. The molecule has 0 N–H and O–H groups in total. The second-order valence-electron chi connectivity index (χ2n) is 7.04. The standard InChI is InChI=1S/C23H20FN3O4S/c1-3-30-22(29)21-14(2)25-23(32-21)27(13-15-8-10-16(24)11-9-15)20(28)12-18-17-6-4-5-7-19(17)31-26-18/h4-11H,3,12-13H2,1-2H3. The van der Waals surface area contributed by atoms with Gasteiger partial charge in [0.05, 0.1) is 25.3 Å². The van der Waals surface area contributed by atoms with Gasteiger partial charge >= 0.3 is 5.97 Å². The molecule has 32 heavy (non-hydrogen) atoms. The molecule has 0 atom stereocenters. The van der Waals surface area contributed by atoms with Crippen LogP contribution in [0.2, 0.25) is 0 Å². The first-order chi connectivity index (χ1) is 15.5. The highest BCUT2D eigenvalue weighted by Crippen LogP contribution is 2.29. The van der Waals surface area contributed by atoms with Crippen LogP contribution < -0.4 is 4.90 Å². The van der Waals surface area contributed by atoms with Crippen LogP contribution in [-0.4, -0.2) is 28.6 Å². The number of carbonyl (C=O) groups excluding carboxylic acids is 2. The maximum absolute atomic E-state index is 13.4. The predicted octanol–water partition coefficient (Wildman–Crippen LogP) is 4.68. The van der Waals surface area contributed by atoms with Gasteiger partial charge in [-0.3, -0.25) is 9.69 Å². The van der Waals surface area contributed by atoms with E-state index in [0.29, 0.717) is 27.0 Å². The topological polar surface area (TPSA) is 85.5 Å². The highest BCUT2D eigenvalue weighted by molar-refractivity contribution is 7.17. The number of carbonyl (C=O) groups is 2. The molecule has 7 nitrogen and oxygen atoms in total. The third kappa shape index (κ3) is 4.52. The van der Waals surface area contributed by atoms with Gasteiger partial charge < -0.3 is 9.26 Å². The molecule has 4 aromatic rings. The molecule has 0 aliphatic heterocycles. The van der Waals surface area contributed by atoms with Gasteiger partial charge in [-0.1, -0.05) is 40.8 Å². The molecule has 0 aliphatic rings. The zero-order valence-corrected chi connectivity index (χ0v) is 18.3. The van der Waals surface area contributed by atoms with Gasteiger partial charge in [0.25, 0.3) is 0 Å². The molecule has 1 amide bonds. The fraction of sp³-hybridized carbons (Fsp3) is 0.217. The molecule has 0 bridgehead atoms. The van der Waals surface area contributed by atoms with Crippen LogP contribution in [0.5, 0.6) is 0 Å². The van der Waals surface area contributed by atoms with E-state index in [1.807, 2.05) is 18.2 Å². The predicted molar refractivity (Wildman–Crippen MR) is 118 cm³/mol. The lowest BCUT2D eigenvalue weighted by Crippen LogP contribution is -2.32. The van der Waals surface area contributed by atoms with Crippen LogP contribution in [0.25, 0.3) is 11.0 Å². The number of halogens is 1. The van der Waals surface area contributed by atoms with Crippen molar-refractivity contribution in [1.82, 2.24) is 10.1 Å². The Bertz CT molecular complexity index is 1270. The SMILES string of the molecule is CCOC(=O)c1sc(N(Cc2ccc(F)cc2)C(=O)Cc2noc3ccccc23)nc1C. The number of para-hydroxylation sites is 1. The Balaban J connectivity index is 1.67. The summed E-state index contributed by atoms with van der Waals surface area (Å²) < 4.78 is 23.8. The first-order valence-corrected chi connectivity index (χ1v) is 10.8. The van der Waals surface area contributed by atoms with E-state index < -0.39 is 5.97 Å². The first kappa shape index (κ1) is 21.6. The summed E-state index contributed by atoms with van der Waals surface area (Å²) >= 11 is 1.08. The van der Waals surface area contributed by atoms with Crippen molar-refractivity contribution in [2.75, 3.05) is 11.5 Å². The Morgan fingerprint density at radius 2 is 1.91 bits per heavy atom. The van der Waals surface area contributed by atoms with E-state index >= 15 is 0 Å². The number of fused-ring (bicyclic) bond motifs is 1. The number of benzene rings is 2. The molecule has 0 saturated heterocycles. The lowest BCUT2D eigenvalue weighted by molar-refractivity contribution is -0.118. The molecule has 0 saturated carbocycles. The van der Waals surface area contributed by atoms with Crippen LogP contribution >= 0.6 is 11.3 Å². The largest absolute Gasteiger partial charge is 0.462 e. The molecule has 0 unspecified atom stereocenters. The summed E-state index contributed by atoms with van der Waals surface area (Å²) in [6.07, 6.45) is -0.0222. The van der Waals surface area contributed by atoms with E-state index in [9.17, 15) is 14.0 Å². The van der Waals surface area contributed by atoms with Crippen LogP contribution in [0.15, 0.2) is 53.1 Å². The van der Waals surface area contributed by atoms with Gasteiger partial charge in [0.2, 0.25) is 5.91 Å². The Morgan fingerprint density at radius 1 is 1.16 bits per heavy atom. The summed E-state index contributed by atoms with van der Waals surface area (Å²) in [6.45, 7) is 3.81. The Kier molecular flexibility index (Phi) is 6.27. The monoisotopic (exact) mass is 453 g/mol. The van der Waals surface area contributed by atoms with Crippen LogP contribution in [-0.2, 0) is 22.5 Å². The lowest BCUT2D eigenvalue weighted by Gasteiger charge is -2.19. The van der Waals surface area contributed by atoms with Crippen LogP contribution in [0.3, 0.4) is 0 Å². The van der Waals surface area contributed by atoms with Gasteiger partial charge in [0, 0.05) is 5.39 Å². The van der Waals surface area contributed by atoms with Gasteiger partial charge in [0.15, 0.2) is 10.7 Å². The normalized spacial score (nSPS) is 11.0. The second-order valence-corrected chi connectivity index (χ2v) is 8.02. The maximum Gasteiger partial charge on any atom is 0.350 e. The number of hydrogen-bond acceptors (Lipinski definition) is 7. The van der Waals surface area contributed by atoms with Gasteiger partial charge in [-0.25, -0.2) is 14.2 Å². The summed E-state index contributed by atoms with van der Waals surface area (Å²) in [5, 5.41) is 5.15. The number of aryl methyl sites for hydroxylation is 1. The zero-order valence-electron chi connectivity index (χ0n) is 17.5. The van der Waals surface area contributed by atoms with Crippen molar-refractivity contribution in [2.24, 2.45) is 0 Å². The molecule has 4 rings (SSSR count). The van der Waals surface area contributed by atoms with Crippen molar-refractivity contribution >= 4 is 39.3 Å². The number of thiazole rings is 1. The first-order valence-electron chi connectivity index (χ1n) is 9.99. The van der Waals surface area contributed by atoms with Crippen LogP contribution in [0.1, 0.15) is 33.5 Å². The van der Waals surface area contributed by atoms with Crippen molar-refractivity contribution in [1.29, 1.82) is 0 Å². The Morgan fingerprint density at radius 3 is 2.66 bits per heavy atom. The fourth-order valence-electron chi connectivity index (χ4n) is 3.22. The van der Waals surface area contributed by atoms with E-state index in [-0.39, 0.29) is 31.3 Å². The summed E-state index contributed by atoms with van der Waals surface area (Å²) in [5.41, 5.74) is 2.30. The zero-order chi connectivity index (χ0) is 22.7. The van der Waals surface area contributed by atoms with Crippen molar-refractivity contribution in [3.05, 3.63) is 76.2 Å². The van der Waals surface area contributed by atoms with E-state index in [1.54, 1.807) is 32.0 Å². The number of ether oxygens (including phenoxy) is 1. The summed E-state index contributed by atoms with van der Waals surface area (Å²) in [7, 11) is 0. The fourth-order valence-corrected chi connectivity index (χ4v) is 4.20. The highest BCUT2D eigenvalue weighted by Gasteiger charge is 2.25. The van der Waals surface area contributed by atoms with Crippen molar-refractivity contribution in [3.8, 4) is 0 Å². The number of rotatable bonds is 7. The van der Waals surface area contributed by atoms with Crippen molar-refractivity contribution in [2.45, 2.75) is 26.8 Å². The molecule has 0 radical (unpaired) electrons. The minimum atomic E-state index is -0.481. The molecule has 0 fully saturated rings. The van der Waals surface area contributed by atoms with Gasteiger partial charge in [-0.15, -0.1) is 0 Å². The lowest BCUT2D eigenvalue weighted by atomic mass is 10.1. The second kappa shape index (κ2) is 9.27. The van der Waals surface area contributed by atoms with Crippen molar-refractivity contribution < 1.29 is 23.2 Å². The molecular formula is C23H20FN3O4S. The minimum Gasteiger partial charge on any atom is -0.462 e. The van der Waals surface area contributed by atoms with E-state index in [2.05, 4.69) is 10.1 Å². The summed E-state index contributed by atoms with van der Waals surface area (Å²) in [4.78, 5) is 31.9. The molecule has 9 heteroatoms. The number of hydrogen-bond donors (Lipinski definition) is 0. The average molecular weight is 453 g/mol. The number of nitrogens with zero attached hydrogens (tertiary/aromatic N) is 3. The van der Waals surface area contributed by atoms with Crippen LogP contribution in [0.4, 0.5) is 9.52 Å². The Hall–Kier alpha value is -3.59. The maximum atomic E-state index is 13.4. The quantitative estimate of drug-likeness (QED) is 0.378. The van der Waals surface area contributed by atoms with E-state index in [1.165, 1.54) is 17.0 Å². The Labute approximate surface area is 187 Å². The summed E-state index contributed by atoms with van der Waals surface area (Å²) in [5.74, 6) is -1.13. The molecule has 2 aromatic carbocycles. The molecule has 164 valence electrons. The van der Waals surface area contributed by atoms with E-state index in [4.69, 9.17) is 9.26 Å². The average Bonchev–Trinajstić information content (AvgIpc) is 3.37. The van der Waals surface area contributed by atoms with E-state index in [0.717, 1.165) is 22.3 Å². The molecule has 0 aliphatic carbocycles.